The molecule has 0 aliphatic carbocycles. The van der Waals surface area contributed by atoms with E-state index in [0.717, 1.165) is 17.0 Å². The van der Waals surface area contributed by atoms with E-state index in [2.05, 4.69) is 5.32 Å². The summed E-state index contributed by atoms with van der Waals surface area (Å²) in [5.41, 5.74) is 3.15. The Balaban J connectivity index is 1.64. The molecule has 3 heteroatoms. The SMILES string of the molecule is Cc1ccc(NC(=O)CC2COc3ccccc32)cc1. The predicted octanol–water partition coefficient (Wildman–Crippen LogP) is 3.50. The van der Waals surface area contributed by atoms with Crippen LogP contribution in [0.2, 0.25) is 0 Å². The molecule has 0 bridgehead atoms. The Kier molecular flexibility index (Phi) is 3.42. The molecule has 0 spiro atoms. The summed E-state index contributed by atoms with van der Waals surface area (Å²) in [4.78, 5) is 12.1. The number of benzene rings is 2. The fraction of sp³-hybridized carbons (Fsp3) is 0.235. The minimum Gasteiger partial charge on any atom is -0.493 e. The third-order valence-electron chi connectivity index (χ3n) is 3.57. The number of hydrogen-bond donors (Lipinski definition) is 1. The summed E-state index contributed by atoms with van der Waals surface area (Å²) in [5.74, 6) is 1.08. The van der Waals surface area contributed by atoms with Crippen LogP contribution in [-0.2, 0) is 4.79 Å². The highest BCUT2D eigenvalue weighted by Crippen LogP contribution is 2.35. The Bertz CT molecular complexity index is 619. The third-order valence-corrected chi connectivity index (χ3v) is 3.57. The van der Waals surface area contributed by atoms with Gasteiger partial charge in [-0.15, -0.1) is 0 Å². The Hall–Kier alpha value is -2.29. The normalized spacial score (nSPS) is 16.4. The van der Waals surface area contributed by atoms with Crippen molar-refractivity contribution in [2.24, 2.45) is 0 Å². The van der Waals surface area contributed by atoms with Gasteiger partial charge in [-0.05, 0) is 25.1 Å². The number of fused-ring (bicyclic) bond motifs is 1. The molecule has 102 valence electrons. The van der Waals surface area contributed by atoms with Crippen LogP contribution in [0.1, 0.15) is 23.5 Å². The molecule has 1 heterocycles. The topological polar surface area (TPSA) is 38.3 Å². The highest BCUT2D eigenvalue weighted by Gasteiger charge is 2.25. The van der Waals surface area contributed by atoms with E-state index >= 15 is 0 Å². The van der Waals surface area contributed by atoms with Crippen LogP contribution in [0.25, 0.3) is 0 Å². The molecular formula is C17H17NO2. The van der Waals surface area contributed by atoms with E-state index < -0.39 is 0 Å². The number of para-hydroxylation sites is 1. The first-order valence-electron chi connectivity index (χ1n) is 6.80. The van der Waals surface area contributed by atoms with Crippen LogP contribution in [0.15, 0.2) is 48.5 Å². The molecule has 0 saturated heterocycles. The van der Waals surface area contributed by atoms with Gasteiger partial charge in [0.2, 0.25) is 5.91 Å². The smallest absolute Gasteiger partial charge is 0.225 e. The van der Waals surface area contributed by atoms with Gasteiger partial charge in [0.25, 0.3) is 0 Å². The Morgan fingerprint density at radius 1 is 1.20 bits per heavy atom. The van der Waals surface area contributed by atoms with E-state index in [4.69, 9.17) is 4.74 Å². The largest absolute Gasteiger partial charge is 0.493 e. The van der Waals surface area contributed by atoms with Gasteiger partial charge in [-0.3, -0.25) is 4.79 Å². The zero-order valence-corrected chi connectivity index (χ0v) is 11.4. The summed E-state index contributed by atoms with van der Waals surface area (Å²) >= 11 is 0. The molecule has 0 aromatic heterocycles. The molecule has 1 N–H and O–H groups in total. The van der Waals surface area contributed by atoms with Crippen molar-refractivity contribution in [2.45, 2.75) is 19.3 Å². The summed E-state index contributed by atoms with van der Waals surface area (Å²) in [6.45, 7) is 2.61. The van der Waals surface area contributed by atoms with Crippen LogP contribution in [0.3, 0.4) is 0 Å². The number of ether oxygens (including phenoxy) is 1. The number of anilines is 1. The molecule has 1 amide bonds. The van der Waals surface area contributed by atoms with Crippen molar-refractivity contribution in [1.82, 2.24) is 0 Å². The van der Waals surface area contributed by atoms with E-state index in [-0.39, 0.29) is 11.8 Å². The van der Waals surface area contributed by atoms with Gasteiger partial charge >= 0.3 is 0 Å². The standard InChI is InChI=1S/C17H17NO2/c1-12-6-8-14(9-7-12)18-17(19)10-13-11-20-16-5-3-2-4-15(13)16/h2-9,13H,10-11H2,1H3,(H,18,19). The second-order valence-corrected chi connectivity index (χ2v) is 5.16. The van der Waals surface area contributed by atoms with Crippen molar-refractivity contribution in [2.75, 3.05) is 11.9 Å². The van der Waals surface area contributed by atoms with Gasteiger partial charge in [0.15, 0.2) is 0 Å². The number of hydrogen-bond acceptors (Lipinski definition) is 2. The fourth-order valence-corrected chi connectivity index (χ4v) is 2.47. The molecule has 0 saturated carbocycles. The average molecular weight is 267 g/mol. The summed E-state index contributed by atoms with van der Waals surface area (Å²) in [5, 5.41) is 2.93. The third kappa shape index (κ3) is 2.67. The predicted molar refractivity (Wildman–Crippen MR) is 79.1 cm³/mol. The molecule has 2 aromatic rings. The molecule has 1 aliphatic heterocycles. The van der Waals surface area contributed by atoms with Gasteiger partial charge in [-0.1, -0.05) is 35.9 Å². The number of amides is 1. The lowest BCUT2D eigenvalue weighted by atomic mass is 9.97. The van der Waals surface area contributed by atoms with Gasteiger partial charge in [0.1, 0.15) is 5.75 Å². The molecule has 1 atom stereocenters. The lowest BCUT2D eigenvalue weighted by molar-refractivity contribution is -0.116. The number of carbonyl (C=O) groups is 1. The Morgan fingerprint density at radius 3 is 2.75 bits per heavy atom. The van der Waals surface area contributed by atoms with Crippen molar-refractivity contribution in [1.29, 1.82) is 0 Å². The maximum atomic E-state index is 12.1. The quantitative estimate of drug-likeness (QED) is 0.924. The molecule has 20 heavy (non-hydrogen) atoms. The van der Waals surface area contributed by atoms with Gasteiger partial charge in [0, 0.05) is 23.6 Å². The van der Waals surface area contributed by atoms with Crippen LogP contribution < -0.4 is 10.1 Å². The highest BCUT2D eigenvalue weighted by atomic mass is 16.5. The molecule has 3 rings (SSSR count). The van der Waals surface area contributed by atoms with Crippen LogP contribution in [0, 0.1) is 6.92 Å². The van der Waals surface area contributed by atoms with E-state index in [1.807, 2.05) is 55.5 Å². The zero-order valence-electron chi connectivity index (χ0n) is 11.4. The first-order valence-corrected chi connectivity index (χ1v) is 6.80. The number of nitrogens with one attached hydrogen (secondary N) is 1. The van der Waals surface area contributed by atoms with E-state index in [0.29, 0.717) is 13.0 Å². The molecule has 1 aliphatic rings. The van der Waals surface area contributed by atoms with Gasteiger partial charge in [-0.2, -0.15) is 0 Å². The highest BCUT2D eigenvalue weighted by molar-refractivity contribution is 5.91. The van der Waals surface area contributed by atoms with Crippen LogP contribution in [-0.4, -0.2) is 12.5 Å². The van der Waals surface area contributed by atoms with Crippen LogP contribution in [0.5, 0.6) is 5.75 Å². The van der Waals surface area contributed by atoms with Gasteiger partial charge < -0.3 is 10.1 Å². The Labute approximate surface area is 118 Å². The molecule has 2 aromatic carbocycles. The fourth-order valence-electron chi connectivity index (χ4n) is 2.47. The van der Waals surface area contributed by atoms with Crippen LogP contribution >= 0.6 is 0 Å². The number of aryl methyl sites for hydroxylation is 1. The maximum absolute atomic E-state index is 12.1. The van der Waals surface area contributed by atoms with Crippen molar-refractivity contribution in [3.05, 3.63) is 59.7 Å². The maximum Gasteiger partial charge on any atom is 0.225 e. The summed E-state index contributed by atoms with van der Waals surface area (Å²) < 4.78 is 5.60. The van der Waals surface area contributed by atoms with E-state index in [1.165, 1.54) is 5.56 Å². The minimum absolute atomic E-state index is 0.0270. The van der Waals surface area contributed by atoms with Crippen molar-refractivity contribution < 1.29 is 9.53 Å². The molecule has 3 nitrogen and oxygen atoms in total. The molecular weight excluding hydrogens is 250 g/mol. The first kappa shape index (κ1) is 12.7. The Morgan fingerprint density at radius 2 is 1.95 bits per heavy atom. The monoisotopic (exact) mass is 267 g/mol. The lowest BCUT2D eigenvalue weighted by Crippen LogP contribution is -2.16. The summed E-state index contributed by atoms with van der Waals surface area (Å²) in [6.07, 6.45) is 0.449. The number of carbonyl (C=O) groups excluding carboxylic acids is 1. The van der Waals surface area contributed by atoms with Crippen LogP contribution in [0.4, 0.5) is 5.69 Å². The van der Waals surface area contributed by atoms with Crippen molar-refractivity contribution in [3.63, 3.8) is 0 Å². The van der Waals surface area contributed by atoms with E-state index in [1.54, 1.807) is 0 Å². The zero-order chi connectivity index (χ0) is 13.9. The summed E-state index contributed by atoms with van der Waals surface area (Å²) in [6, 6.07) is 15.7. The minimum atomic E-state index is 0.0270. The second-order valence-electron chi connectivity index (χ2n) is 5.16. The molecule has 0 radical (unpaired) electrons. The second kappa shape index (κ2) is 5.37. The van der Waals surface area contributed by atoms with E-state index in [9.17, 15) is 4.79 Å². The molecule has 0 fully saturated rings. The summed E-state index contributed by atoms with van der Waals surface area (Å²) in [7, 11) is 0. The average Bonchev–Trinajstić information content (AvgIpc) is 2.85. The molecule has 1 unspecified atom stereocenters. The van der Waals surface area contributed by atoms with Crippen molar-refractivity contribution in [3.8, 4) is 5.75 Å². The number of rotatable bonds is 3. The first-order chi connectivity index (χ1) is 9.72. The van der Waals surface area contributed by atoms with Gasteiger partial charge in [0.05, 0.1) is 6.61 Å². The van der Waals surface area contributed by atoms with Crippen molar-refractivity contribution >= 4 is 11.6 Å². The lowest BCUT2D eigenvalue weighted by Gasteiger charge is -2.09. The van der Waals surface area contributed by atoms with Gasteiger partial charge in [-0.25, -0.2) is 0 Å².